The first-order valence-corrected chi connectivity index (χ1v) is 7.91. The van der Waals surface area contributed by atoms with Gasteiger partial charge in [-0.25, -0.2) is 0 Å². The molecule has 0 bridgehead atoms. The number of amides is 1. The van der Waals surface area contributed by atoms with Gasteiger partial charge in [-0.3, -0.25) is 4.79 Å². The maximum atomic E-state index is 12.4. The number of ether oxygens (including phenoxy) is 1. The Kier molecular flexibility index (Phi) is 5.62. The highest BCUT2D eigenvalue weighted by molar-refractivity contribution is 5.95. The Morgan fingerprint density at radius 2 is 2.33 bits per heavy atom. The summed E-state index contributed by atoms with van der Waals surface area (Å²) in [5.41, 5.74) is 0.792. The molecule has 2 N–H and O–H groups in total. The van der Waals surface area contributed by atoms with E-state index in [0.717, 1.165) is 37.2 Å². The van der Waals surface area contributed by atoms with E-state index in [0.29, 0.717) is 5.92 Å². The van der Waals surface area contributed by atoms with Crippen molar-refractivity contribution in [2.24, 2.45) is 5.92 Å². The second-order valence-corrected chi connectivity index (χ2v) is 5.91. The summed E-state index contributed by atoms with van der Waals surface area (Å²) < 4.78 is 5.79. The molecule has 116 valence electrons. The third kappa shape index (κ3) is 4.46. The van der Waals surface area contributed by atoms with Gasteiger partial charge in [0.1, 0.15) is 5.75 Å². The zero-order valence-corrected chi connectivity index (χ0v) is 13.2. The normalized spacial score (nSPS) is 23.4. The number of hydrogen-bond donors (Lipinski definition) is 2. The summed E-state index contributed by atoms with van der Waals surface area (Å²) >= 11 is 0. The molecule has 21 heavy (non-hydrogen) atoms. The average Bonchev–Trinajstić information content (AvgIpc) is 2.47. The Balaban J connectivity index is 1.98. The van der Waals surface area contributed by atoms with E-state index >= 15 is 0 Å². The zero-order valence-electron chi connectivity index (χ0n) is 13.2. The lowest BCUT2D eigenvalue weighted by molar-refractivity contribution is -0.119. The average molecular weight is 290 g/mol. The van der Waals surface area contributed by atoms with Crippen LogP contribution in [0.2, 0.25) is 0 Å². The number of hydrogen-bond acceptors (Lipinski definition) is 3. The summed E-state index contributed by atoms with van der Waals surface area (Å²) in [5.74, 6) is 1.22. The van der Waals surface area contributed by atoms with Gasteiger partial charge in [-0.05, 0) is 50.8 Å². The number of carbonyl (C=O) groups is 1. The van der Waals surface area contributed by atoms with Crippen molar-refractivity contribution in [3.8, 4) is 5.75 Å². The smallest absolute Gasteiger partial charge is 0.241 e. The summed E-state index contributed by atoms with van der Waals surface area (Å²) in [6.07, 6.45) is 3.38. The second-order valence-electron chi connectivity index (χ2n) is 5.91. The van der Waals surface area contributed by atoms with E-state index < -0.39 is 0 Å². The van der Waals surface area contributed by atoms with Crippen LogP contribution in [0.5, 0.6) is 5.75 Å². The van der Waals surface area contributed by atoms with Gasteiger partial charge in [0.05, 0.1) is 12.1 Å². The molecular weight excluding hydrogens is 264 g/mol. The molecule has 0 spiro atoms. The van der Waals surface area contributed by atoms with Crippen LogP contribution in [0.25, 0.3) is 0 Å². The predicted molar refractivity (Wildman–Crippen MR) is 85.6 cm³/mol. The van der Waals surface area contributed by atoms with Crippen molar-refractivity contribution in [2.75, 3.05) is 11.9 Å². The van der Waals surface area contributed by atoms with E-state index in [1.807, 2.05) is 31.2 Å². The number of benzene rings is 1. The van der Waals surface area contributed by atoms with Gasteiger partial charge in [0.15, 0.2) is 0 Å². The van der Waals surface area contributed by atoms with Crippen molar-refractivity contribution < 1.29 is 9.53 Å². The Hall–Kier alpha value is -1.55. The minimum Gasteiger partial charge on any atom is -0.491 e. The fraction of sp³-hybridized carbons (Fsp3) is 0.588. The maximum absolute atomic E-state index is 12.4. The topological polar surface area (TPSA) is 50.4 Å². The Labute approximate surface area is 127 Å². The molecule has 1 amide bonds. The molecule has 1 saturated heterocycles. The molecule has 1 aliphatic rings. The van der Waals surface area contributed by atoms with Crippen LogP contribution in [-0.4, -0.2) is 24.6 Å². The summed E-state index contributed by atoms with van der Waals surface area (Å²) in [7, 11) is 0. The Bertz CT molecular complexity index is 476. The number of carbonyl (C=O) groups excluding carboxylic acids is 1. The second kappa shape index (κ2) is 7.46. The standard InChI is InChI=1S/C17H26N2O2/c1-4-13(3)21-15-9-5-8-14(11-15)19-17(20)16-12(2)7-6-10-18-16/h5,8-9,11-13,16,18H,4,6-7,10H2,1-3H3,(H,19,20). The molecule has 1 fully saturated rings. The number of rotatable bonds is 5. The van der Waals surface area contributed by atoms with Crippen molar-refractivity contribution in [3.05, 3.63) is 24.3 Å². The van der Waals surface area contributed by atoms with E-state index in [-0.39, 0.29) is 18.1 Å². The summed E-state index contributed by atoms with van der Waals surface area (Å²) in [5, 5.41) is 6.29. The van der Waals surface area contributed by atoms with E-state index in [2.05, 4.69) is 24.5 Å². The molecule has 0 radical (unpaired) electrons. The minimum atomic E-state index is -0.0992. The number of nitrogens with one attached hydrogen (secondary N) is 2. The van der Waals surface area contributed by atoms with Gasteiger partial charge in [0, 0.05) is 11.8 Å². The Morgan fingerprint density at radius 1 is 1.52 bits per heavy atom. The molecular formula is C17H26N2O2. The molecule has 2 rings (SSSR count). The summed E-state index contributed by atoms with van der Waals surface area (Å²) in [4.78, 5) is 12.4. The molecule has 1 aromatic carbocycles. The van der Waals surface area contributed by atoms with E-state index in [4.69, 9.17) is 4.74 Å². The van der Waals surface area contributed by atoms with Crippen molar-refractivity contribution in [2.45, 2.75) is 52.2 Å². The van der Waals surface area contributed by atoms with Gasteiger partial charge in [-0.15, -0.1) is 0 Å². The lowest BCUT2D eigenvalue weighted by Crippen LogP contribution is -2.48. The number of piperidine rings is 1. The molecule has 4 nitrogen and oxygen atoms in total. The van der Waals surface area contributed by atoms with Crippen molar-refractivity contribution >= 4 is 11.6 Å². The van der Waals surface area contributed by atoms with Gasteiger partial charge in [0.25, 0.3) is 0 Å². The van der Waals surface area contributed by atoms with Crippen LogP contribution in [0.3, 0.4) is 0 Å². The molecule has 0 aliphatic carbocycles. The van der Waals surface area contributed by atoms with Gasteiger partial charge in [0.2, 0.25) is 5.91 Å². The highest BCUT2D eigenvalue weighted by atomic mass is 16.5. The van der Waals surface area contributed by atoms with Gasteiger partial charge < -0.3 is 15.4 Å². The quantitative estimate of drug-likeness (QED) is 0.875. The lowest BCUT2D eigenvalue weighted by atomic mass is 9.92. The van der Waals surface area contributed by atoms with Crippen LogP contribution in [0, 0.1) is 5.92 Å². The molecule has 1 heterocycles. The van der Waals surface area contributed by atoms with Crippen molar-refractivity contribution in [1.82, 2.24) is 5.32 Å². The first-order valence-electron chi connectivity index (χ1n) is 7.91. The van der Waals surface area contributed by atoms with E-state index in [9.17, 15) is 4.79 Å². The van der Waals surface area contributed by atoms with Gasteiger partial charge in [-0.1, -0.05) is 19.9 Å². The van der Waals surface area contributed by atoms with Crippen LogP contribution in [-0.2, 0) is 4.79 Å². The summed E-state index contributed by atoms with van der Waals surface area (Å²) in [6, 6.07) is 7.51. The monoisotopic (exact) mass is 290 g/mol. The third-order valence-corrected chi connectivity index (χ3v) is 4.07. The van der Waals surface area contributed by atoms with Crippen LogP contribution in [0.15, 0.2) is 24.3 Å². The van der Waals surface area contributed by atoms with Crippen LogP contribution in [0.4, 0.5) is 5.69 Å². The molecule has 0 aromatic heterocycles. The third-order valence-electron chi connectivity index (χ3n) is 4.07. The lowest BCUT2D eigenvalue weighted by Gasteiger charge is -2.29. The molecule has 1 aliphatic heterocycles. The fourth-order valence-electron chi connectivity index (χ4n) is 2.58. The van der Waals surface area contributed by atoms with Gasteiger partial charge >= 0.3 is 0 Å². The SMILES string of the molecule is CCC(C)Oc1cccc(NC(=O)C2NCCCC2C)c1. The molecule has 3 unspecified atom stereocenters. The fourth-order valence-corrected chi connectivity index (χ4v) is 2.58. The van der Waals surface area contributed by atoms with Crippen LogP contribution < -0.4 is 15.4 Å². The van der Waals surface area contributed by atoms with E-state index in [1.165, 1.54) is 0 Å². The van der Waals surface area contributed by atoms with Crippen LogP contribution in [0.1, 0.15) is 40.0 Å². The van der Waals surface area contributed by atoms with Crippen molar-refractivity contribution in [1.29, 1.82) is 0 Å². The first kappa shape index (κ1) is 15.8. The Morgan fingerprint density at radius 3 is 3.05 bits per heavy atom. The van der Waals surface area contributed by atoms with Gasteiger partial charge in [-0.2, -0.15) is 0 Å². The van der Waals surface area contributed by atoms with Crippen molar-refractivity contribution in [3.63, 3.8) is 0 Å². The highest BCUT2D eigenvalue weighted by Crippen LogP contribution is 2.21. The largest absolute Gasteiger partial charge is 0.491 e. The number of anilines is 1. The van der Waals surface area contributed by atoms with E-state index in [1.54, 1.807) is 0 Å². The molecule has 1 aromatic rings. The highest BCUT2D eigenvalue weighted by Gasteiger charge is 2.27. The first-order chi connectivity index (χ1) is 10.1. The molecule has 4 heteroatoms. The predicted octanol–water partition coefficient (Wildman–Crippen LogP) is 3.19. The zero-order chi connectivity index (χ0) is 15.2. The minimum absolute atomic E-state index is 0.0443. The summed E-state index contributed by atoms with van der Waals surface area (Å²) in [6.45, 7) is 7.17. The maximum Gasteiger partial charge on any atom is 0.241 e. The molecule has 3 atom stereocenters. The van der Waals surface area contributed by atoms with Crippen LogP contribution >= 0.6 is 0 Å². The molecule has 0 saturated carbocycles.